The molecule has 0 spiro atoms. The smallest absolute Gasteiger partial charge is 0.101 e. The van der Waals surface area contributed by atoms with Crippen LogP contribution in [-0.4, -0.2) is 38.6 Å². The maximum Gasteiger partial charge on any atom is 0.101 e. The van der Waals surface area contributed by atoms with Crippen molar-refractivity contribution in [2.75, 3.05) is 27.4 Å². The highest BCUT2D eigenvalue weighted by Crippen LogP contribution is 2.24. The first-order valence-corrected chi connectivity index (χ1v) is 8.27. The fourth-order valence-electron chi connectivity index (χ4n) is 2.34. The van der Waals surface area contributed by atoms with E-state index in [1.807, 2.05) is 0 Å². The second-order valence-corrected chi connectivity index (χ2v) is 6.11. The Hall–Kier alpha value is -1.68. The van der Waals surface area contributed by atoms with Gasteiger partial charge in [0.05, 0.1) is 13.2 Å². The summed E-state index contributed by atoms with van der Waals surface area (Å²) < 4.78 is 9.25. The van der Waals surface area contributed by atoms with Crippen LogP contribution < -0.4 is 0 Å². The van der Waals surface area contributed by atoms with Crippen molar-refractivity contribution in [3.63, 3.8) is 0 Å². The van der Waals surface area contributed by atoms with Gasteiger partial charge in [-0.25, -0.2) is 0 Å². The fraction of sp³-hybridized carbons (Fsp3) is 0.429. The standard InChI is InChI=1S/C16H18.C5H12O3/c1-12-4-8-15(9-5-12)14(3)16-10-6-13(2)7-11-16;1-7-3-5(6)4-8-2/h4-11,14H,1-3H3;5-6H,3-4H2,1-2H3. The molecule has 0 unspecified atom stereocenters. The van der Waals surface area contributed by atoms with Crippen molar-refractivity contribution < 1.29 is 14.6 Å². The van der Waals surface area contributed by atoms with Gasteiger partial charge in [0.1, 0.15) is 6.10 Å². The summed E-state index contributed by atoms with van der Waals surface area (Å²) in [6.45, 7) is 7.19. The molecule has 3 nitrogen and oxygen atoms in total. The Bertz CT molecular complexity index is 509. The Balaban J connectivity index is 0.000000307. The lowest BCUT2D eigenvalue weighted by atomic mass is 9.92. The highest BCUT2D eigenvalue weighted by Gasteiger charge is 2.07. The lowest BCUT2D eigenvalue weighted by molar-refractivity contribution is 0.00980. The number of aliphatic hydroxyl groups is 1. The van der Waals surface area contributed by atoms with Crippen molar-refractivity contribution in [3.8, 4) is 0 Å². The molecule has 0 fully saturated rings. The number of aliphatic hydroxyl groups excluding tert-OH is 1. The number of methoxy groups -OCH3 is 2. The molecule has 0 heterocycles. The van der Waals surface area contributed by atoms with Crippen LogP contribution in [0.3, 0.4) is 0 Å². The Morgan fingerprint density at radius 2 is 1.08 bits per heavy atom. The van der Waals surface area contributed by atoms with E-state index in [9.17, 15) is 0 Å². The first-order chi connectivity index (χ1) is 11.5. The van der Waals surface area contributed by atoms with Gasteiger partial charge in [0, 0.05) is 20.1 Å². The molecule has 0 aliphatic heterocycles. The lowest BCUT2D eigenvalue weighted by Gasteiger charge is -2.12. The minimum Gasteiger partial charge on any atom is -0.388 e. The first-order valence-electron chi connectivity index (χ1n) is 8.27. The van der Waals surface area contributed by atoms with Crippen LogP contribution in [0.1, 0.15) is 35.1 Å². The number of rotatable bonds is 6. The topological polar surface area (TPSA) is 38.7 Å². The monoisotopic (exact) mass is 330 g/mol. The second-order valence-electron chi connectivity index (χ2n) is 6.11. The molecule has 0 aliphatic carbocycles. The Kier molecular flexibility index (Phi) is 9.31. The van der Waals surface area contributed by atoms with E-state index in [0.717, 1.165) is 0 Å². The summed E-state index contributed by atoms with van der Waals surface area (Å²) in [4.78, 5) is 0. The average Bonchev–Trinajstić information content (AvgIpc) is 2.57. The molecule has 1 N–H and O–H groups in total. The second kappa shape index (κ2) is 11.0. The van der Waals surface area contributed by atoms with Crippen LogP contribution in [-0.2, 0) is 9.47 Å². The Morgan fingerprint density at radius 3 is 1.38 bits per heavy atom. The van der Waals surface area contributed by atoms with Gasteiger partial charge in [-0.15, -0.1) is 0 Å². The van der Waals surface area contributed by atoms with Crippen LogP contribution in [0.25, 0.3) is 0 Å². The van der Waals surface area contributed by atoms with Crippen LogP contribution >= 0.6 is 0 Å². The molecule has 3 heteroatoms. The van der Waals surface area contributed by atoms with Gasteiger partial charge in [0.15, 0.2) is 0 Å². The van der Waals surface area contributed by atoms with Gasteiger partial charge in [0.2, 0.25) is 0 Å². The largest absolute Gasteiger partial charge is 0.388 e. The molecular formula is C21H30O3. The Morgan fingerprint density at radius 1 is 0.750 bits per heavy atom. The van der Waals surface area contributed by atoms with Gasteiger partial charge in [-0.2, -0.15) is 0 Å². The molecule has 132 valence electrons. The zero-order valence-corrected chi connectivity index (χ0v) is 15.5. The van der Waals surface area contributed by atoms with E-state index in [2.05, 4.69) is 78.8 Å². The summed E-state index contributed by atoms with van der Waals surface area (Å²) in [6.07, 6.45) is -0.481. The molecule has 24 heavy (non-hydrogen) atoms. The molecule has 2 rings (SSSR count). The van der Waals surface area contributed by atoms with Crippen LogP contribution in [0, 0.1) is 13.8 Å². The maximum atomic E-state index is 8.80. The normalized spacial score (nSPS) is 10.7. The summed E-state index contributed by atoms with van der Waals surface area (Å²) in [5.74, 6) is 0.473. The van der Waals surface area contributed by atoms with Crippen molar-refractivity contribution in [3.05, 3.63) is 70.8 Å². The SMILES string of the molecule is COCC(O)COC.Cc1ccc(C(C)c2ccc(C)cc2)cc1. The van der Waals surface area contributed by atoms with Gasteiger partial charge in [-0.05, 0) is 25.0 Å². The average molecular weight is 330 g/mol. The van der Waals surface area contributed by atoms with Gasteiger partial charge in [-0.3, -0.25) is 0 Å². The predicted molar refractivity (Wildman–Crippen MR) is 99.6 cm³/mol. The first kappa shape index (κ1) is 20.4. The third-order valence-corrected chi connectivity index (χ3v) is 3.87. The maximum absolute atomic E-state index is 8.80. The minimum atomic E-state index is -0.481. The molecule has 0 radical (unpaired) electrons. The molecular weight excluding hydrogens is 300 g/mol. The van der Waals surface area contributed by atoms with E-state index < -0.39 is 6.10 Å². The third-order valence-electron chi connectivity index (χ3n) is 3.87. The summed E-state index contributed by atoms with van der Waals surface area (Å²) in [7, 11) is 3.08. The minimum absolute atomic E-state index is 0.341. The predicted octanol–water partition coefficient (Wildman–Crippen LogP) is 4.10. The highest BCUT2D eigenvalue weighted by molar-refractivity contribution is 5.34. The molecule has 2 aromatic rings. The summed E-state index contributed by atoms with van der Waals surface area (Å²) in [5.41, 5.74) is 5.41. The number of aryl methyl sites for hydroxylation is 2. The van der Waals surface area contributed by atoms with Crippen molar-refractivity contribution in [2.24, 2.45) is 0 Å². The zero-order valence-electron chi connectivity index (χ0n) is 15.5. The zero-order chi connectivity index (χ0) is 17.9. The van der Waals surface area contributed by atoms with Crippen molar-refractivity contribution in [1.29, 1.82) is 0 Å². The van der Waals surface area contributed by atoms with Crippen LogP contribution in [0.4, 0.5) is 0 Å². The van der Waals surface area contributed by atoms with E-state index in [1.165, 1.54) is 22.3 Å². The van der Waals surface area contributed by atoms with Crippen molar-refractivity contribution in [2.45, 2.75) is 32.8 Å². The molecule has 0 bridgehead atoms. The van der Waals surface area contributed by atoms with E-state index in [0.29, 0.717) is 19.1 Å². The fourth-order valence-corrected chi connectivity index (χ4v) is 2.34. The molecule has 0 aliphatic rings. The van der Waals surface area contributed by atoms with E-state index in [1.54, 1.807) is 14.2 Å². The van der Waals surface area contributed by atoms with Crippen molar-refractivity contribution >= 4 is 0 Å². The van der Waals surface area contributed by atoms with Gasteiger partial charge in [0.25, 0.3) is 0 Å². The van der Waals surface area contributed by atoms with Crippen molar-refractivity contribution in [1.82, 2.24) is 0 Å². The van der Waals surface area contributed by atoms with E-state index in [-0.39, 0.29) is 0 Å². The highest BCUT2D eigenvalue weighted by atomic mass is 16.5. The van der Waals surface area contributed by atoms with Gasteiger partial charge in [-0.1, -0.05) is 66.6 Å². The molecule has 0 saturated carbocycles. The third kappa shape index (κ3) is 7.26. The van der Waals surface area contributed by atoms with Crippen LogP contribution in [0.15, 0.2) is 48.5 Å². The summed E-state index contributed by atoms with van der Waals surface area (Å²) in [5, 5.41) is 8.80. The number of hydrogen-bond donors (Lipinski definition) is 1. The number of ether oxygens (including phenoxy) is 2. The quantitative estimate of drug-likeness (QED) is 0.867. The van der Waals surface area contributed by atoms with E-state index in [4.69, 9.17) is 5.11 Å². The van der Waals surface area contributed by atoms with Crippen LogP contribution in [0.2, 0.25) is 0 Å². The summed E-state index contributed by atoms with van der Waals surface area (Å²) >= 11 is 0. The molecule has 2 aromatic carbocycles. The van der Waals surface area contributed by atoms with Crippen LogP contribution in [0.5, 0.6) is 0 Å². The molecule has 0 saturated heterocycles. The molecule has 0 atom stereocenters. The summed E-state index contributed by atoms with van der Waals surface area (Å²) in [6, 6.07) is 17.6. The Labute approximate surface area is 146 Å². The van der Waals surface area contributed by atoms with Gasteiger partial charge < -0.3 is 14.6 Å². The molecule has 0 aromatic heterocycles. The molecule has 0 amide bonds. The van der Waals surface area contributed by atoms with Gasteiger partial charge >= 0.3 is 0 Å². The number of hydrogen-bond acceptors (Lipinski definition) is 3. The number of benzene rings is 2. The van der Waals surface area contributed by atoms with E-state index >= 15 is 0 Å². The lowest BCUT2D eigenvalue weighted by Crippen LogP contribution is -2.19.